The number of pyridine rings is 1. The highest BCUT2D eigenvalue weighted by Crippen LogP contribution is 2.21. The van der Waals surface area contributed by atoms with Gasteiger partial charge in [-0.15, -0.1) is 24.8 Å². The van der Waals surface area contributed by atoms with Crippen LogP contribution in [0.25, 0.3) is 0 Å². The smallest absolute Gasteiger partial charge is 0.255 e. The molecule has 0 saturated carbocycles. The van der Waals surface area contributed by atoms with E-state index in [0.717, 1.165) is 38.5 Å². The summed E-state index contributed by atoms with van der Waals surface area (Å²) in [6.45, 7) is 4.77. The fourth-order valence-electron chi connectivity index (χ4n) is 2.58. The molecule has 2 aliphatic rings. The Bertz CT molecular complexity index is 462. The maximum atomic E-state index is 12.3. The van der Waals surface area contributed by atoms with Crippen molar-refractivity contribution >= 4 is 36.5 Å². The zero-order valence-corrected chi connectivity index (χ0v) is 13.5. The van der Waals surface area contributed by atoms with Crippen LogP contribution in [-0.4, -0.2) is 43.6 Å². The van der Waals surface area contributed by atoms with Gasteiger partial charge in [0.05, 0.1) is 5.56 Å². The van der Waals surface area contributed by atoms with Gasteiger partial charge < -0.3 is 15.5 Å². The molecule has 0 bridgehead atoms. The van der Waals surface area contributed by atoms with Gasteiger partial charge in [-0.1, -0.05) is 0 Å². The van der Waals surface area contributed by atoms with E-state index in [0.29, 0.717) is 11.5 Å². The van der Waals surface area contributed by atoms with Crippen LogP contribution in [-0.2, 0) is 0 Å². The molecule has 118 valence electrons. The maximum Gasteiger partial charge on any atom is 0.255 e. The molecule has 1 aromatic heterocycles. The molecule has 0 atom stereocenters. The highest BCUT2D eigenvalue weighted by Gasteiger charge is 2.22. The van der Waals surface area contributed by atoms with Crippen LogP contribution in [0.4, 0.5) is 5.82 Å². The van der Waals surface area contributed by atoms with Crippen molar-refractivity contribution in [2.45, 2.75) is 12.8 Å². The lowest BCUT2D eigenvalue weighted by Gasteiger charge is -2.27. The molecule has 3 rings (SSSR count). The predicted molar refractivity (Wildman–Crippen MR) is 88.9 cm³/mol. The Balaban J connectivity index is 0.00000110. The van der Waals surface area contributed by atoms with E-state index >= 15 is 0 Å². The summed E-state index contributed by atoms with van der Waals surface area (Å²) >= 11 is 0. The lowest BCUT2D eigenvalue weighted by molar-refractivity contribution is 0.0942. The van der Waals surface area contributed by atoms with Crippen molar-refractivity contribution in [1.29, 1.82) is 0 Å². The second kappa shape index (κ2) is 8.41. The van der Waals surface area contributed by atoms with Crippen LogP contribution in [0.2, 0.25) is 0 Å². The molecule has 21 heavy (non-hydrogen) atoms. The minimum atomic E-state index is 0. The van der Waals surface area contributed by atoms with E-state index in [1.807, 2.05) is 12.1 Å². The molecular weight excluding hydrogens is 311 g/mol. The summed E-state index contributed by atoms with van der Waals surface area (Å²) in [6, 6.07) is 3.70. The molecule has 0 spiro atoms. The fourth-order valence-corrected chi connectivity index (χ4v) is 2.58. The summed E-state index contributed by atoms with van der Waals surface area (Å²) in [7, 11) is 0. The Morgan fingerprint density at radius 1 is 1.33 bits per heavy atom. The number of carbonyl (C=O) groups is 1. The number of halogens is 2. The molecule has 2 fully saturated rings. The first-order valence-corrected chi connectivity index (χ1v) is 7.03. The van der Waals surface area contributed by atoms with Gasteiger partial charge in [-0.3, -0.25) is 4.79 Å². The number of amides is 1. The van der Waals surface area contributed by atoms with E-state index in [2.05, 4.69) is 20.5 Å². The van der Waals surface area contributed by atoms with Crippen molar-refractivity contribution in [3.63, 3.8) is 0 Å². The third-order valence-electron chi connectivity index (χ3n) is 3.85. The molecule has 0 radical (unpaired) electrons. The van der Waals surface area contributed by atoms with Gasteiger partial charge in [-0.05, 0) is 25.0 Å². The second-order valence-electron chi connectivity index (χ2n) is 5.30. The molecule has 2 saturated heterocycles. The zero-order valence-electron chi connectivity index (χ0n) is 11.9. The third kappa shape index (κ3) is 4.22. The second-order valence-corrected chi connectivity index (χ2v) is 5.30. The van der Waals surface area contributed by atoms with Gasteiger partial charge in [-0.25, -0.2) is 4.98 Å². The average molecular weight is 333 g/mol. The molecule has 2 N–H and O–H groups in total. The standard InChI is InChI=1S/C14H20N4O.2ClH/c19-14(17-10-11-8-15-9-11)12-4-3-5-16-13(12)18-6-1-2-7-18;;/h3-5,11,15H,1-2,6-10H2,(H,17,19);2*1H. The largest absolute Gasteiger partial charge is 0.356 e. The highest BCUT2D eigenvalue weighted by atomic mass is 35.5. The van der Waals surface area contributed by atoms with Crippen LogP contribution < -0.4 is 15.5 Å². The molecule has 0 aliphatic carbocycles. The first-order valence-electron chi connectivity index (χ1n) is 7.03. The van der Waals surface area contributed by atoms with Crippen molar-refractivity contribution in [3.8, 4) is 0 Å². The lowest BCUT2D eigenvalue weighted by Crippen LogP contribution is -2.48. The van der Waals surface area contributed by atoms with E-state index in [4.69, 9.17) is 0 Å². The Kier molecular flexibility index (Phi) is 7.22. The van der Waals surface area contributed by atoms with Crippen LogP contribution >= 0.6 is 24.8 Å². The number of hydrogen-bond donors (Lipinski definition) is 2. The number of nitrogens with zero attached hydrogens (tertiary/aromatic N) is 2. The van der Waals surface area contributed by atoms with Crippen LogP contribution in [0, 0.1) is 5.92 Å². The average Bonchev–Trinajstić information content (AvgIpc) is 2.90. The summed E-state index contributed by atoms with van der Waals surface area (Å²) in [5.41, 5.74) is 0.705. The number of aromatic nitrogens is 1. The molecule has 3 heterocycles. The summed E-state index contributed by atoms with van der Waals surface area (Å²) < 4.78 is 0. The molecule has 2 aliphatic heterocycles. The topological polar surface area (TPSA) is 57.3 Å². The lowest BCUT2D eigenvalue weighted by atomic mass is 10.0. The number of hydrogen-bond acceptors (Lipinski definition) is 4. The van der Waals surface area contributed by atoms with Crippen molar-refractivity contribution in [2.24, 2.45) is 5.92 Å². The van der Waals surface area contributed by atoms with Crippen LogP contribution in [0.1, 0.15) is 23.2 Å². The molecule has 1 amide bonds. The normalized spacial score (nSPS) is 17.4. The molecule has 7 heteroatoms. The minimum absolute atomic E-state index is 0. The Morgan fingerprint density at radius 2 is 2.05 bits per heavy atom. The molecule has 0 aromatic carbocycles. The van der Waals surface area contributed by atoms with Crippen LogP contribution in [0.15, 0.2) is 18.3 Å². The summed E-state index contributed by atoms with van der Waals surface area (Å²) in [5, 5.41) is 6.23. The SMILES string of the molecule is Cl.Cl.O=C(NCC1CNC1)c1cccnc1N1CCCC1. The van der Waals surface area contributed by atoms with Crippen molar-refractivity contribution in [1.82, 2.24) is 15.6 Å². The molecule has 1 aromatic rings. The maximum absolute atomic E-state index is 12.3. The van der Waals surface area contributed by atoms with Gasteiger partial charge >= 0.3 is 0 Å². The Hall–Kier alpha value is -1.04. The van der Waals surface area contributed by atoms with E-state index in [1.165, 1.54) is 12.8 Å². The summed E-state index contributed by atoms with van der Waals surface area (Å²) in [6.07, 6.45) is 4.14. The van der Waals surface area contributed by atoms with Crippen molar-refractivity contribution in [3.05, 3.63) is 23.9 Å². The molecule has 5 nitrogen and oxygen atoms in total. The zero-order chi connectivity index (χ0) is 13.1. The number of carbonyl (C=O) groups excluding carboxylic acids is 1. The summed E-state index contributed by atoms with van der Waals surface area (Å²) in [4.78, 5) is 18.9. The third-order valence-corrected chi connectivity index (χ3v) is 3.85. The van der Waals surface area contributed by atoms with Gasteiger partial charge in [-0.2, -0.15) is 0 Å². The van der Waals surface area contributed by atoms with Gasteiger partial charge in [0.2, 0.25) is 0 Å². The quantitative estimate of drug-likeness (QED) is 0.876. The van der Waals surface area contributed by atoms with E-state index in [9.17, 15) is 4.79 Å². The highest BCUT2D eigenvalue weighted by molar-refractivity contribution is 5.98. The van der Waals surface area contributed by atoms with Gasteiger partial charge in [0, 0.05) is 44.8 Å². The predicted octanol–water partition coefficient (Wildman–Crippen LogP) is 1.47. The monoisotopic (exact) mass is 332 g/mol. The van der Waals surface area contributed by atoms with Crippen LogP contribution in [0.5, 0.6) is 0 Å². The first kappa shape index (κ1) is 18.0. The number of nitrogens with one attached hydrogen (secondary N) is 2. The van der Waals surface area contributed by atoms with Crippen molar-refractivity contribution < 1.29 is 4.79 Å². The van der Waals surface area contributed by atoms with E-state index in [-0.39, 0.29) is 30.7 Å². The Morgan fingerprint density at radius 3 is 2.67 bits per heavy atom. The molecular formula is C14H22Cl2N4O. The molecule has 0 unspecified atom stereocenters. The minimum Gasteiger partial charge on any atom is -0.356 e. The first-order chi connectivity index (χ1) is 9.34. The van der Waals surface area contributed by atoms with E-state index in [1.54, 1.807) is 6.20 Å². The van der Waals surface area contributed by atoms with E-state index < -0.39 is 0 Å². The Labute approximate surface area is 137 Å². The van der Waals surface area contributed by atoms with Gasteiger partial charge in [0.15, 0.2) is 0 Å². The van der Waals surface area contributed by atoms with Crippen molar-refractivity contribution in [2.75, 3.05) is 37.6 Å². The summed E-state index contributed by atoms with van der Waals surface area (Å²) in [5.74, 6) is 1.42. The van der Waals surface area contributed by atoms with Gasteiger partial charge in [0.25, 0.3) is 5.91 Å². The van der Waals surface area contributed by atoms with Gasteiger partial charge in [0.1, 0.15) is 5.82 Å². The fraction of sp³-hybridized carbons (Fsp3) is 0.571. The number of rotatable bonds is 4. The number of anilines is 1. The van der Waals surface area contributed by atoms with Crippen LogP contribution in [0.3, 0.4) is 0 Å².